The average Bonchev–Trinajstić information content (AvgIpc) is 2.90. The second kappa shape index (κ2) is 8.10. The highest BCUT2D eigenvalue weighted by Gasteiger charge is 2.20. The van der Waals surface area contributed by atoms with E-state index in [1.165, 1.54) is 16.8 Å². The quantitative estimate of drug-likeness (QED) is 0.606. The zero-order valence-electron chi connectivity index (χ0n) is 14.9. The van der Waals surface area contributed by atoms with Gasteiger partial charge >= 0.3 is 6.03 Å². The number of hydrogen-bond acceptors (Lipinski definition) is 3. The minimum Gasteiger partial charge on any atom is -0.351 e. The van der Waals surface area contributed by atoms with Crippen molar-refractivity contribution in [1.29, 1.82) is 0 Å². The molecule has 0 aliphatic rings. The molecule has 0 aliphatic heterocycles. The second-order valence-electron chi connectivity index (χ2n) is 6.06. The topological polar surface area (TPSA) is 102 Å². The number of hydrogen-bond donors (Lipinski definition) is 3. The summed E-state index contributed by atoms with van der Waals surface area (Å²) in [5, 5.41) is 9.63. The number of primary amides is 1. The van der Waals surface area contributed by atoms with Crippen LogP contribution in [0.25, 0.3) is 0 Å². The van der Waals surface area contributed by atoms with Crippen molar-refractivity contribution in [2.45, 2.75) is 13.5 Å². The van der Waals surface area contributed by atoms with E-state index in [2.05, 4.69) is 15.7 Å². The first-order valence-electron chi connectivity index (χ1n) is 8.28. The van der Waals surface area contributed by atoms with E-state index >= 15 is 0 Å². The van der Waals surface area contributed by atoms with Crippen LogP contribution < -0.4 is 16.4 Å². The van der Waals surface area contributed by atoms with Crippen LogP contribution in [0.1, 0.15) is 21.6 Å². The number of aryl methyl sites for hydroxylation is 1. The molecule has 0 saturated heterocycles. The fourth-order valence-electron chi connectivity index (χ4n) is 2.69. The van der Waals surface area contributed by atoms with Crippen molar-refractivity contribution in [3.05, 3.63) is 76.3 Å². The number of nitrogens with one attached hydrogen (secondary N) is 2. The van der Waals surface area contributed by atoms with Crippen molar-refractivity contribution in [2.24, 2.45) is 5.73 Å². The standard InChI is InChI=1S/C19H17ClFN5O2/c1-11-16(17(20)26(25-11)10-12-5-7-13(21)8-6-12)18(27)23-14-3-2-4-15(9-14)24-19(22)28/h2-9H,10H2,1H3,(H,23,27)(H3,22,24,28). The van der Waals surface area contributed by atoms with Gasteiger partial charge < -0.3 is 16.4 Å². The number of carbonyl (C=O) groups excluding carboxylic acids is 2. The third kappa shape index (κ3) is 4.47. The number of halogens is 2. The Labute approximate surface area is 165 Å². The molecule has 9 heteroatoms. The Balaban J connectivity index is 1.79. The molecule has 0 bridgehead atoms. The summed E-state index contributed by atoms with van der Waals surface area (Å²) in [5.74, 6) is -0.774. The highest BCUT2D eigenvalue weighted by Crippen LogP contribution is 2.23. The number of carbonyl (C=O) groups is 2. The molecule has 28 heavy (non-hydrogen) atoms. The predicted octanol–water partition coefficient (Wildman–Crippen LogP) is 3.78. The van der Waals surface area contributed by atoms with Gasteiger partial charge in [0.1, 0.15) is 11.0 Å². The Kier molecular flexibility index (Phi) is 5.60. The molecule has 144 valence electrons. The molecule has 3 rings (SSSR count). The van der Waals surface area contributed by atoms with Gasteiger partial charge in [0.15, 0.2) is 0 Å². The monoisotopic (exact) mass is 401 g/mol. The van der Waals surface area contributed by atoms with Crippen molar-refractivity contribution >= 4 is 34.9 Å². The second-order valence-corrected chi connectivity index (χ2v) is 6.42. The number of urea groups is 1. The van der Waals surface area contributed by atoms with Crippen LogP contribution in [-0.4, -0.2) is 21.7 Å². The van der Waals surface area contributed by atoms with E-state index in [0.29, 0.717) is 23.6 Å². The lowest BCUT2D eigenvalue weighted by atomic mass is 10.2. The molecule has 0 saturated carbocycles. The van der Waals surface area contributed by atoms with Gasteiger partial charge in [0.05, 0.1) is 17.8 Å². The molecule has 0 atom stereocenters. The van der Waals surface area contributed by atoms with Crippen LogP contribution >= 0.6 is 11.6 Å². The normalized spacial score (nSPS) is 10.5. The maximum atomic E-state index is 13.1. The van der Waals surface area contributed by atoms with Crippen LogP contribution in [0.2, 0.25) is 5.15 Å². The van der Waals surface area contributed by atoms with E-state index in [1.54, 1.807) is 43.3 Å². The predicted molar refractivity (Wildman–Crippen MR) is 105 cm³/mol. The molecular formula is C19H17ClFN5O2. The fourth-order valence-corrected chi connectivity index (χ4v) is 3.01. The van der Waals surface area contributed by atoms with Gasteiger partial charge in [-0.25, -0.2) is 13.9 Å². The maximum absolute atomic E-state index is 13.1. The zero-order valence-corrected chi connectivity index (χ0v) is 15.6. The largest absolute Gasteiger partial charge is 0.351 e. The molecule has 0 aliphatic carbocycles. The maximum Gasteiger partial charge on any atom is 0.316 e. The molecular weight excluding hydrogens is 385 g/mol. The van der Waals surface area contributed by atoms with Gasteiger partial charge in [0.25, 0.3) is 5.91 Å². The van der Waals surface area contributed by atoms with Crippen LogP contribution in [0.15, 0.2) is 48.5 Å². The van der Waals surface area contributed by atoms with Crippen LogP contribution in [0, 0.1) is 12.7 Å². The number of anilines is 2. The van der Waals surface area contributed by atoms with Crippen molar-refractivity contribution in [1.82, 2.24) is 9.78 Å². The summed E-state index contributed by atoms with van der Waals surface area (Å²) in [4.78, 5) is 23.6. The highest BCUT2D eigenvalue weighted by molar-refractivity contribution is 6.33. The minimum absolute atomic E-state index is 0.172. The van der Waals surface area contributed by atoms with E-state index in [0.717, 1.165) is 5.56 Å². The summed E-state index contributed by atoms with van der Waals surface area (Å²) in [5.41, 5.74) is 7.48. The molecule has 2 aromatic carbocycles. The Morgan fingerprint density at radius 2 is 1.79 bits per heavy atom. The van der Waals surface area contributed by atoms with E-state index in [1.807, 2.05) is 0 Å². The summed E-state index contributed by atoms with van der Waals surface area (Å²) in [6.45, 7) is 1.97. The molecule has 3 amide bonds. The molecule has 0 fully saturated rings. The van der Waals surface area contributed by atoms with Crippen LogP contribution in [0.3, 0.4) is 0 Å². The van der Waals surface area contributed by atoms with Gasteiger partial charge in [-0.3, -0.25) is 4.79 Å². The molecule has 1 aromatic heterocycles. The Hall–Kier alpha value is -3.39. The Morgan fingerprint density at radius 3 is 2.43 bits per heavy atom. The highest BCUT2D eigenvalue weighted by atomic mass is 35.5. The summed E-state index contributed by atoms with van der Waals surface area (Å²) in [6, 6.07) is 11.8. The first-order chi connectivity index (χ1) is 13.3. The summed E-state index contributed by atoms with van der Waals surface area (Å²) in [7, 11) is 0. The first-order valence-corrected chi connectivity index (χ1v) is 8.66. The number of rotatable bonds is 5. The van der Waals surface area contributed by atoms with Gasteiger partial charge in [-0.2, -0.15) is 5.10 Å². The smallest absolute Gasteiger partial charge is 0.316 e. The molecule has 0 spiro atoms. The Bertz CT molecular complexity index is 1030. The third-order valence-corrected chi connectivity index (χ3v) is 4.31. The van der Waals surface area contributed by atoms with Gasteiger partial charge in [0, 0.05) is 11.4 Å². The molecule has 0 radical (unpaired) electrons. The summed E-state index contributed by atoms with van der Waals surface area (Å²) >= 11 is 6.36. The lowest BCUT2D eigenvalue weighted by Crippen LogP contribution is -2.19. The van der Waals surface area contributed by atoms with Gasteiger partial charge in [-0.05, 0) is 42.8 Å². The van der Waals surface area contributed by atoms with Gasteiger partial charge in [-0.1, -0.05) is 29.8 Å². The number of amides is 3. The van der Waals surface area contributed by atoms with Gasteiger partial charge in [-0.15, -0.1) is 0 Å². The number of aromatic nitrogens is 2. The zero-order chi connectivity index (χ0) is 20.3. The summed E-state index contributed by atoms with van der Waals surface area (Å²) < 4.78 is 14.5. The van der Waals surface area contributed by atoms with E-state index < -0.39 is 11.9 Å². The molecule has 3 aromatic rings. The van der Waals surface area contributed by atoms with Crippen LogP contribution in [0.4, 0.5) is 20.6 Å². The van der Waals surface area contributed by atoms with Gasteiger partial charge in [0.2, 0.25) is 0 Å². The molecule has 0 unspecified atom stereocenters. The lowest BCUT2D eigenvalue weighted by molar-refractivity contribution is 0.102. The van der Waals surface area contributed by atoms with Crippen molar-refractivity contribution < 1.29 is 14.0 Å². The van der Waals surface area contributed by atoms with Crippen molar-refractivity contribution in [2.75, 3.05) is 10.6 Å². The number of nitrogens with zero attached hydrogens (tertiary/aromatic N) is 2. The fraction of sp³-hybridized carbons (Fsp3) is 0.105. The molecule has 4 N–H and O–H groups in total. The average molecular weight is 402 g/mol. The van der Waals surface area contributed by atoms with Crippen LogP contribution in [-0.2, 0) is 6.54 Å². The van der Waals surface area contributed by atoms with Crippen LogP contribution in [0.5, 0.6) is 0 Å². The Morgan fingerprint density at radius 1 is 1.14 bits per heavy atom. The molecule has 1 heterocycles. The van der Waals surface area contributed by atoms with Crippen molar-refractivity contribution in [3.8, 4) is 0 Å². The van der Waals surface area contributed by atoms with E-state index in [9.17, 15) is 14.0 Å². The molecule has 7 nitrogen and oxygen atoms in total. The van der Waals surface area contributed by atoms with E-state index in [-0.39, 0.29) is 16.5 Å². The van der Waals surface area contributed by atoms with E-state index in [4.69, 9.17) is 17.3 Å². The number of benzene rings is 2. The lowest BCUT2D eigenvalue weighted by Gasteiger charge is -2.08. The third-order valence-electron chi connectivity index (χ3n) is 3.93. The summed E-state index contributed by atoms with van der Waals surface area (Å²) in [6.07, 6.45) is 0. The first kappa shape index (κ1) is 19.4. The number of nitrogens with two attached hydrogens (primary N) is 1. The minimum atomic E-state index is -0.704. The SMILES string of the molecule is Cc1nn(Cc2ccc(F)cc2)c(Cl)c1C(=O)Nc1cccc(NC(N)=O)c1. The van der Waals surface area contributed by atoms with Crippen molar-refractivity contribution in [3.63, 3.8) is 0 Å².